The molecule has 2 aromatic carbocycles. The lowest BCUT2D eigenvalue weighted by atomic mass is 9.74. The molecule has 7 heteroatoms. The Balaban J connectivity index is 1.34. The van der Waals surface area contributed by atoms with Gasteiger partial charge in [0, 0.05) is 49.2 Å². The highest BCUT2D eigenvalue weighted by atomic mass is 19.1. The molecule has 0 aliphatic carbocycles. The normalized spacial score (nSPS) is 22.8. The molecule has 0 unspecified atom stereocenters. The minimum atomic E-state index is -0.378. The Morgan fingerprint density at radius 3 is 2.50 bits per heavy atom. The maximum atomic E-state index is 13.6. The van der Waals surface area contributed by atoms with Crippen LogP contribution in [0.25, 0.3) is 11.1 Å². The number of carbonyl (C=O) groups excluding carboxylic acids is 1. The maximum absolute atomic E-state index is 13.6. The van der Waals surface area contributed by atoms with Gasteiger partial charge in [0.1, 0.15) is 5.82 Å². The summed E-state index contributed by atoms with van der Waals surface area (Å²) < 4.78 is 13.6. The van der Waals surface area contributed by atoms with Crippen LogP contribution in [0.15, 0.2) is 73.1 Å². The molecular weight excluding hydrogens is 431 g/mol. The Morgan fingerprint density at radius 1 is 1.03 bits per heavy atom. The first kappa shape index (κ1) is 22.5. The van der Waals surface area contributed by atoms with Crippen molar-refractivity contribution in [3.05, 3.63) is 84.4 Å². The van der Waals surface area contributed by atoms with Gasteiger partial charge in [-0.15, -0.1) is 0 Å². The number of rotatable bonds is 4. The molecule has 176 valence electrons. The summed E-state index contributed by atoms with van der Waals surface area (Å²) in [6.07, 6.45) is 5.42. The lowest BCUT2D eigenvalue weighted by molar-refractivity contribution is -0.0585. The molecule has 34 heavy (non-hydrogen) atoms. The second kappa shape index (κ2) is 9.91. The van der Waals surface area contributed by atoms with Crippen molar-refractivity contribution < 1.29 is 14.3 Å². The molecule has 5 rings (SSSR count). The number of aliphatic hydroxyl groups excluding tert-OH is 1. The topological polar surface area (TPSA) is 68.7 Å². The maximum Gasteiger partial charge on any atom is 0.321 e. The Kier molecular flexibility index (Phi) is 6.56. The van der Waals surface area contributed by atoms with Crippen molar-refractivity contribution in [3.8, 4) is 11.1 Å². The number of aliphatic hydroxyl groups is 1. The number of hydrogen-bond donors (Lipinski definition) is 2. The molecule has 2 N–H and O–H groups in total. The summed E-state index contributed by atoms with van der Waals surface area (Å²) in [7, 11) is 0. The third-order valence-electron chi connectivity index (χ3n) is 7.04. The van der Waals surface area contributed by atoms with Crippen molar-refractivity contribution >= 4 is 11.7 Å². The fourth-order valence-corrected chi connectivity index (χ4v) is 5.34. The van der Waals surface area contributed by atoms with Gasteiger partial charge in [0.2, 0.25) is 0 Å². The summed E-state index contributed by atoms with van der Waals surface area (Å²) >= 11 is 0. The van der Waals surface area contributed by atoms with Crippen molar-refractivity contribution in [2.45, 2.75) is 30.8 Å². The predicted molar refractivity (Wildman–Crippen MR) is 130 cm³/mol. The van der Waals surface area contributed by atoms with Crippen molar-refractivity contribution in [3.63, 3.8) is 0 Å². The number of nitrogens with zero attached hydrogens (tertiary/aromatic N) is 3. The number of nitrogens with one attached hydrogen (secondary N) is 1. The molecule has 3 aromatic rings. The second-order valence-electron chi connectivity index (χ2n) is 9.03. The fourth-order valence-electron chi connectivity index (χ4n) is 5.34. The molecule has 3 heterocycles. The van der Waals surface area contributed by atoms with E-state index in [-0.39, 0.29) is 36.5 Å². The van der Waals surface area contributed by atoms with Crippen LogP contribution in [0.2, 0.25) is 0 Å². The quantitative estimate of drug-likeness (QED) is 0.608. The Hall–Kier alpha value is -3.29. The molecule has 0 bridgehead atoms. The first-order valence-corrected chi connectivity index (χ1v) is 11.8. The number of urea groups is 1. The molecule has 2 amide bonds. The average molecular weight is 461 g/mol. The first-order chi connectivity index (χ1) is 16.6. The Labute approximate surface area is 199 Å². The third kappa shape index (κ3) is 4.54. The van der Waals surface area contributed by atoms with Crippen molar-refractivity contribution in [1.82, 2.24) is 14.8 Å². The highest BCUT2D eigenvalue weighted by Crippen LogP contribution is 2.42. The zero-order valence-electron chi connectivity index (χ0n) is 19.0. The van der Waals surface area contributed by atoms with Crippen LogP contribution in [0, 0.1) is 5.82 Å². The molecule has 3 atom stereocenters. The molecule has 1 aromatic heterocycles. The molecule has 2 saturated heterocycles. The average Bonchev–Trinajstić information content (AvgIpc) is 2.84. The van der Waals surface area contributed by atoms with Crippen LogP contribution in [-0.4, -0.2) is 64.2 Å². The van der Waals surface area contributed by atoms with E-state index in [4.69, 9.17) is 0 Å². The van der Waals surface area contributed by atoms with Gasteiger partial charge in [-0.1, -0.05) is 30.3 Å². The number of amides is 2. The summed E-state index contributed by atoms with van der Waals surface area (Å²) in [4.78, 5) is 21.3. The summed E-state index contributed by atoms with van der Waals surface area (Å²) in [6, 6.07) is 18.4. The summed E-state index contributed by atoms with van der Waals surface area (Å²) in [5, 5.41) is 13.0. The van der Waals surface area contributed by atoms with E-state index in [0.29, 0.717) is 18.8 Å². The van der Waals surface area contributed by atoms with Gasteiger partial charge in [0.05, 0.1) is 6.61 Å². The number of carbonyl (C=O) groups is 1. The van der Waals surface area contributed by atoms with E-state index in [1.807, 2.05) is 17.0 Å². The molecule has 0 radical (unpaired) electrons. The number of benzene rings is 2. The third-order valence-corrected chi connectivity index (χ3v) is 7.04. The number of pyridine rings is 1. The van der Waals surface area contributed by atoms with Crippen LogP contribution in [0.5, 0.6) is 0 Å². The summed E-state index contributed by atoms with van der Waals surface area (Å²) in [5.74, 6) is -0.240. The van der Waals surface area contributed by atoms with E-state index in [1.54, 1.807) is 24.5 Å². The summed E-state index contributed by atoms with van der Waals surface area (Å²) in [5.41, 5.74) is 3.86. The van der Waals surface area contributed by atoms with Crippen molar-refractivity contribution in [2.24, 2.45) is 0 Å². The van der Waals surface area contributed by atoms with Gasteiger partial charge in [-0.05, 0) is 66.4 Å². The monoisotopic (exact) mass is 460 g/mol. The highest BCUT2D eigenvalue weighted by Gasteiger charge is 2.49. The number of halogens is 1. The van der Waals surface area contributed by atoms with E-state index in [1.165, 1.54) is 17.7 Å². The number of hydrogen-bond acceptors (Lipinski definition) is 4. The van der Waals surface area contributed by atoms with Gasteiger partial charge in [0.15, 0.2) is 0 Å². The number of fused-ring (bicyclic) bond motifs is 1. The smallest absolute Gasteiger partial charge is 0.321 e. The minimum absolute atomic E-state index is 0.0444. The van der Waals surface area contributed by atoms with Crippen LogP contribution in [0.3, 0.4) is 0 Å². The number of aromatic nitrogens is 1. The molecule has 2 aliphatic rings. The van der Waals surface area contributed by atoms with E-state index in [2.05, 4.69) is 39.5 Å². The van der Waals surface area contributed by atoms with Crippen LogP contribution >= 0.6 is 0 Å². The van der Waals surface area contributed by atoms with Gasteiger partial charge in [0.25, 0.3) is 0 Å². The lowest BCUT2D eigenvalue weighted by Crippen LogP contribution is -2.68. The molecular formula is C27H29FN4O2. The second-order valence-corrected chi connectivity index (χ2v) is 9.03. The molecule has 2 fully saturated rings. The van der Waals surface area contributed by atoms with Gasteiger partial charge >= 0.3 is 6.03 Å². The Bertz CT molecular complexity index is 1120. The van der Waals surface area contributed by atoms with E-state index in [9.17, 15) is 14.3 Å². The zero-order valence-corrected chi connectivity index (χ0v) is 19.0. The standard InChI is InChI=1S/C27H29FN4O2/c28-22-4-3-5-23(16-22)30-27(34)31-14-1-2-15-32-24(17-31)26(25(32)18-33)21-8-6-19(7-9-21)20-10-12-29-13-11-20/h3-13,16,24-26,33H,1-2,14-15,17-18H2,(H,30,34)/t24-,25-,26-/m1/s1. The van der Waals surface area contributed by atoms with Crippen molar-refractivity contribution in [2.75, 3.05) is 31.6 Å². The van der Waals surface area contributed by atoms with Gasteiger partial charge < -0.3 is 15.3 Å². The number of anilines is 1. The van der Waals surface area contributed by atoms with Crippen LogP contribution in [0.4, 0.5) is 14.9 Å². The Morgan fingerprint density at radius 2 is 1.76 bits per heavy atom. The first-order valence-electron chi connectivity index (χ1n) is 11.8. The van der Waals surface area contributed by atoms with Crippen molar-refractivity contribution in [1.29, 1.82) is 0 Å². The fraction of sp³-hybridized carbons (Fsp3) is 0.333. The van der Waals surface area contributed by atoms with Gasteiger partial charge in [-0.2, -0.15) is 0 Å². The molecule has 6 nitrogen and oxygen atoms in total. The minimum Gasteiger partial charge on any atom is -0.395 e. The predicted octanol–water partition coefficient (Wildman–Crippen LogP) is 4.34. The van der Waals surface area contributed by atoms with Crippen LogP contribution < -0.4 is 5.32 Å². The van der Waals surface area contributed by atoms with Gasteiger partial charge in [-0.25, -0.2) is 9.18 Å². The van der Waals surface area contributed by atoms with Crippen LogP contribution in [0.1, 0.15) is 24.3 Å². The SMILES string of the molecule is O=C(Nc1cccc(F)c1)N1CCCCN2[C@H](CO)[C@H](c3ccc(-c4ccncc4)cc3)[C@H]2C1. The lowest BCUT2D eigenvalue weighted by Gasteiger charge is -2.57. The molecule has 2 aliphatic heterocycles. The largest absolute Gasteiger partial charge is 0.395 e. The van der Waals surface area contributed by atoms with Gasteiger partial charge in [-0.3, -0.25) is 9.88 Å². The van der Waals surface area contributed by atoms with Crippen LogP contribution in [-0.2, 0) is 0 Å². The summed E-state index contributed by atoms with van der Waals surface area (Å²) in [6.45, 7) is 2.22. The molecule has 0 saturated carbocycles. The zero-order chi connectivity index (χ0) is 23.5. The van der Waals surface area contributed by atoms with E-state index >= 15 is 0 Å². The molecule has 0 spiro atoms. The highest BCUT2D eigenvalue weighted by molar-refractivity contribution is 5.89. The van der Waals surface area contributed by atoms with E-state index in [0.717, 1.165) is 30.5 Å². The van der Waals surface area contributed by atoms with E-state index < -0.39 is 0 Å².